The largest absolute Gasteiger partial charge is 0.409 e. The van der Waals surface area contributed by atoms with E-state index in [2.05, 4.69) is 5.16 Å². The molecule has 10 heteroatoms. The summed E-state index contributed by atoms with van der Waals surface area (Å²) in [5.41, 5.74) is 3.56. The van der Waals surface area contributed by atoms with Crippen LogP contribution in [-0.4, -0.2) is 23.0 Å². The number of hydrogen-bond acceptors (Lipinski definition) is 3. The highest BCUT2D eigenvalue weighted by Crippen LogP contribution is 2.23. The lowest BCUT2D eigenvalue weighted by Gasteiger charge is -2.16. The molecule has 1 rings (SSSR count). The second-order valence-electron chi connectivity index (χ2n) is 3.90. The van der Waals surface area contributed by atoms with Gasteiger partial charge in [0.05, 0.1) is 6.04 Å². The topological polar surface area (TPSA) is 87.7 Å². The van der Waals surface area contributed by atoms with Crippen molar-refractivity contribution >= 4 is 11.7 Å². The molecule has 0 bridgehead atoms. The van der Waals surface area contributed by atoms with Gasteiger partial charge in [0.1, 0.15) is 5.56 Å². The van der Waals surface area contributed by atoms with Crippen LogP contribution in [0.25, 0.3) is 0 Å². The van der Waals surface area contributed by atoms with Crippen LogP contribution in [0.4, 0.5) is 22.0 Å². The predicted molar refractivity (Wildman–Crippen MR) is 61.2 cm³/mol. The van der Waals surface area contributed by atoms with Gasteiger partial charge in [0, 0.05) is 0 Å². The first-order chi connectivity index (χ1) is 9.76. The lowest BCUT2D eigenvalue weighted by atomic mass is 10.1. The third-order valence-corrected chi connectivity index (χ3v) is 2.62. The summed E-state index contributed by atoms with van der Waals surface area (Å²) in [5.74, 6) is -13.5. The van der Waals surface area contributed by atoms with Crippen molar-refractivity contribution in [2.45, 2.75) is 19.4 Å². The highest BCUT2D eigenvalue weighted by molar-refractivity contribution is 5.98. The van der Waals surface area contributed by atoms with E-state index in [-0.39, 0.29) is 6.42 Å². The molecule has 0 aliphatic heterocycles. The summed E-state index contributed by atoms with van der Waals surface area (Å²) in [4.78, 5) is 11.7. The lowest BCUT2D eigenvalue weighted by molar-refractivity contribution is 0.0933. The van der Waals surface area contributed by atoms with Crippen molar-refractivity contribution in [1.29, 1.82) is 0 Å². The van der Waals surface area contributed by atoms with Gasteiger partial charge in [-0.25, -0.2) is 22.0 Å². The van der Waals surface area contributed by atoms with Crippen LogP contribution >= 0.6 is 0 Å². The molecule has 0 fully saturated rings. The summed E-state index contributed by atoms with van der Waals surface area (Å²) in [7, 11) is 0. The number of halogens is 5. The number of carbonyl (C=O) groups excluding carboxylic acids is 1. The number of nitrogens with zero attached hydrogens (tertiary/aromatic N) is 1. The number of nitrogens with two attached hydrogens (primary N) is 1. The first-order valence-electron chi connectivity index (χ1n) is 5.55. The van der Waals surface area contributed by atoms with Crippen LogP contribution in [0.5, 0.6) is 0 Å². The minimum atomic E-state index is -2.37. The molecule has 116 valence electrons. The zero-order chi connectivity index (χ0) is 16.3. The van der Waals surface area contributed by atoms with E-state index in [9.17, 15) is 26.7 Å². The van der Waals surface area contributed by atoms with Gasteiger partial charge in [0.2, 0.25) is 5.82 Å². The number of hydrogen-bond donors (Lipinski definition) is 3. The Morgan fingerprint density at radius 2 is 1.57 bits per heavy atom. The molecule has 0 radical (unpaired) electrons. The Hall–Kier alpha value is -2.39. The molecule has 4 N–H and O–H groups in total. The van der Waals surface area contributed by atoms with Crippen molar-refractivity contribution < 1.29 is 32.0 Å². The fourth-order valence-corrected chi connectivity index (χ4v) is 1.49. The maximum Gasteiger partial charge on any atom is 0.258 e. The summed E-state index contributed by atoms with van der Waals surface area (Å²) < 4.78 is 65.6. The molecule has 0 spiro atoms. The van der Waals surface area contributed by atoms with Crippen LogP contribution in [0.3, 0.4) is 0 Å². The summed E-state index contributed by atoms with van der Waals surface area (Å²) in [6.45, 7) is 1.47. The maximum atomic E-state index is 13.4. The minimum Gasteiger partial charge on any atom is -0.409 e. The molecule has 1 amide bonds. The Balaban J connectivity index is 3.26. The third-order valence-electron chi connectivity index (χ3n) is 2.62. The molecule has 0 aliphatic carbocycles. The summed E-state index contributed by atoms with van der Waals surface area (Å²) in [5, 5.41) is 12.9. The van der Waals surface area contributed by atoms with Crippen molar-refractivity contribution in [3.8, 4) is 0 Å². The van der Waals surface area contributed by atoms with E-state index in [0.29, 0.717) is 0 Å². The molecule has 0 saturated carbocycles. The van der Waals surface area contributed by atoms with Crippen molar-refractivity contribution in [1.82, 2.24) is 5.32 Å². The monoisotopic (exact) mass is 311 g/mol. The Bertz CT molecular complexity index is 577. The average Bonchev–Trinajstić information content (AvgIpc) is 2.47. The molecular weight excluding hydrogens is 301 g/mol. The average molecular weight is 311 g/mol. The van der Waals surface area contributed by atoms with E-state index in [1.54, 1.807) is 0 Å². The van der Waals surface area contributed by atoms with Crippen molar-refractivity contribution in [2.24, 2.45) is 10.9 Å². The van der Waals surface area contributed by atoms with E-state index < -0.39 is 52.4 Å². The number of amidine groups is 1. The zero-order valence-electron chi connectivity index (χ0n) is 10.6. The van der Waals surface area contributed by atoms with Crippen LogP contribution in [0.1, 0.15) is 23.7 Å². The fourth-order valence-electron chi connectivity index (χ4n) is 1.49. The molecule has 1 aromatic rings. The summed E-state index contributed by atoms with van der Waals surface area (Å²) in [6, 6.07) is -1.14. The highest BCUT2D eigenvalue weighted by Gasteiger charge is 2.30. The molecule has 1 aromatic carbocycles. The second kappa shape index (κ2) is 6.37. The van der Waals surface area contributed by atoms with Crippen LogP contribution in [0, 0.1) is 29.1 Å². The van der Waals surface area contributed by atoms with E-state index in [1.165, 1.54) is 6.92 Å². The standard InChI is InChI=1S/C11H10F5N3O2/c1-2-3(10(17)19-21)18-11(20)4-5(12)7(14)9(16)8(15)6(4)13/h3,21H,2H2,1H3,(H2,17,19)(H,18,20). The van der Waals surface area contributed by atoms with Gasteiger partial charge >= 0.3 is 0 Å². The molecule has 0 aliphatic rings. The maximum absolute atomic E-state index is 13.4. The number of amides is 1. The van der Waals surface area contributed by atoms with Crippen LogP contribution in [0.15, 0.2) is 5.16 Å². The third kappa shape index (κ3) is 3.03. The lowest BCUT2D eigenvalue weighted by Crippen LogP contribution is -2.44. The number of rotatable bonds is 4. The molecule has 0 aromatic heterocycles. The van der Waals surface area contributed by atoms with E-state index in [4.69, 9.17) is 10.9 Å². The molecule has 1 unspecified atom stereocenters. The van der Waals surface area contributed by atoms with Gasteiger partial charge in [-0.15, -0.1) is 0 Å². The van der Waals surface area contributed by atoms with Crippen molar-refractivity contribution in [2.75, 3.05) is 0 Å². The molecule has 0 saturated heterocycles. The normalized spacial score (nSPS) is 13.1. The van der Waals surface area contributed by atoms with E-state index in [0.717, 1.165) is 0 Å². The van der Waals surface area contributed by atoms with E-state index in [1.807, 2.05) is 5.32 Å². The quantitative estimate of drug-likeness (QED) is 0.150. The van der Waals surface area contributed by atoms with Gasteiger partial charge in [-0.2, -0.15) is 0 Å². The van der Waals surface area contributed by atoms with Crippen LogP contribution in [-0.2, 0) is 0 Å². The van der Waals surface area contributed by atoms with Crippen LogP contribution < -0.4 is 11.1 Å². The molecular formula is C11H10F5N3O2. The van der Waals surface area contributed by atoms with Crippen LogP contribution in [0.2, 0.25) is 0 Å². The number of benzene rings is 1. The molecule has 1 atom stereocenters. The van der Waals surface area contributed by atoms with Gasteiger partial charge in [0.25, 0.3) is 5.91 Å². The van der Waals surface area contributed by atoms with E-state index >= 15 is 0 Å². The minimum absolute atomic E-state index is 0.0526. The van der Waals surface area contributed by atoms with Crippen molar-refractivity contribution in [3.63, 3.8) is 0 Å². The first-order valence-corrected chi connectivity index (χ1v) is 5.55. The van der Waals surface area contributed by atoms with Gasteiger partial charge in [-0.3, -0.25) is 4.79 Å². The molecule has 5 nitrogen and oxygen atoms in total. The summed E-state index contributed by atoms with van der Waals surface area (Å²) in [6.07, 6.45) is 0.0526. The Kier molecular flexibility index (Phi) is 5.06. The Morgan fingerprint density at radius 3 is 1.95 bits per heavy atom. The SMILES string of the molecule is CCC(NC(=O)c1c(F)c(F)c(F)c(F)c1F)/C(N)=N/O. The number of carbonyl (C=O) groups is 1. The number of nitrogens with one attached hydrogen (secondary N) is 1. The smallest absolute Gasteiger partial charge is 0.258 e. The first kappa shape index (κ1) is 16.7. The van der Waals surface area contributed by atoms with Crippen molar-refractivity contribution in [3.05, 3.63) is 34.6 Å². The van der Waals surface area contributed by atoms with Gasteiger partial charge in [-0.1, -0.05) is 12.1 Å². The fraction of sp³-hybridized carbons (Fsp3) is 0.273. The van der Waals surface area contributed by atoms with Gasteiger partial charge in [-0.05, 0) is 6.42 Å². The van der Waals surface area contributed by atoms with Gasteiger partial charge in [0.15, 0.2) is 29.1 Å². The van der Waals surface area contributed by atoms with Gasteiger partial charge < -0.3 is 16.3 Å². The Morgan fingerprint density at radius 1 is 1.14 bits per heavy atom. The second-order valence-corrected chi connectivity index (χ2v) is 3.90. The predicted octanol–water partition coefficient (Wildman–Crippen LogP) is 1.64. The highest BCUT2D eigenvalue weighted by atomic mass is 19.2. The molecule has 21 heavy (non-hydrogen) atoms. The Labute approximate surface area is 115 Å². The zero-order valence-corrected chi connectivity index (χ0v) is 10.6. The summed E-state index contributed by atoms with van der Waals surface area (Å²) >= 11 is 0. The number of oxime groups is 1. The molecule has 0 heterocycles.